The highest BCUT2D eigenvalue weighted by molar-refractivity contribution is 6.21. The van der Waals surface area contributed by atoms with Gasteiger partial charge in [0.2, 0.25) is 0 Å². The summed E-state index contributed by atoms with van der Waals surface area (Å²) in [6, 6.07) is 0. The highest BCUT2D eigenvalue weighted by Gasteiger charge is 1.99. The molecule has 0 atom stereocenters. The molecule has 0 fully saturated rings. The van der Waals surface area contributed by atoms with Crippen LogP contribution in [0.1, 0.15) is 52.9 Å². The lowest BCUT2D eigenvalue weighted by Gasteiger charge is -2.13. The number of rotatable bonds is 7. The Morgan fingerprint density at radius 1 is 1.00 bits per heavy atom. The van der Waals surface area contributed by atoms with Crippen LogP contribution in [-0.4, -0.2) is 16.8 Å². The van der Waals surface area contributed by atoms with Crippen molar-refractivity contribution in [1.82, 2.24) is 5.32 Å². The second kappa shape index (κ2) is 8.36. The Kier molecular flexibility index (Phi) is 8.20. The van der Waals surface area contributed by atoms with E-state index in [1.54, 1.807) is 10.9 Å². The third-order valence-corrected chi connectivity index (χ3v) is 3.33. The van der Waals surface area contributed by atoms with E-state index in [-0.39, 0.29) is 0 Å². The first-order chi connectivity index (χ1) is 6.26. The molecule has 0 saturated carbocycles. The van der Waals surface area contributed by atoms with E-state index >= 15 is 0 Å². The van der Waals surface area contributed by atoms with Crippen LogP contribution in [0, 0.1) is 0 Å². The van der Waals surface area contributed by atoms with Crippen LogP contribution in [0.4, 0.5) is 0 Å². The van der Waals surface area contributed by atoms with Crippen molar-refractivity contribution in [2.45, 2.75) is 52.9 Å². The molecule has 13 heavy (non-hydrogen) atoms. The molecule has 0 bridgehead atoms. The molecule has 0 aliphatic carbocycles. The zero-order chi connectivity index (χ0) is 10.1. The number of nitrogens with one attached hydrogen (secondary N) is 1. The minimum atomic E-state index is 1.14. The third-order valence-electron chi connectivity index (χ3n) is 2.23. The topological polar surface area (TPSA) is 12.0 Å². The van der Waals surface area contributed by atoms with Crippen molar-refractivity contribution < 1.29 is 0 Å². The molecule has 78 valence electrons. The van der Waals surface area contributed by atoms with Crippen LogP contribution in [-0.2, 0) is 0 Å². The van der Waals surface area contributed by atoms with Crippen LogP contribution in [0.5, 0.6) is 0 Å². The summed E-state index contributed by atoms with van der Waals surface area (Å²) in [5.74, 6) is 0. The minimum absolute atomic E-state index is 1.14. The van der Waals surface area contributed by atoms with Gasteiger partial charge in [-0.05, 0) is 19.3 Å². The van der Waals surface area contributed by atoms with E-state index in [0.717, 1.165) is 6.54 Å². The van der Waals surface area contributed by atoms with E-state index in [2.05, 4.69) is 26.1 Å². The van der Waals surface area contributed by atoms with Crippen LogP contribution in [0.2, 0.25) is 0 Å². The lowest BCUT2D eigenvalue weighted by Crippen LogP contribution is -2.16. The van der Waals surface area contributed by atoms with Gasteiger partial charge in [-0.2, -0.15) is 0 Å². The van der Waals surface area contributed by atoms with Gasteiger partial charge in [0, 0.05) is 22.5 Å². The average molecular weight is 199 g/mol. The van der Waals surface area contributed by atoms with Crippen molar-refractivity contribution in [1.29, 1.82) is 0 Å². The van der Waals surface area contributed by atoms with Gasteiger partial charge in [-0.25, -0.2) is 0 Å². The minimum Gasteiger partial charge on any atom is -0.389 e. The summed E-state index contributed by atoms with van der Waals surface area (Å²) >= 11 is 0. The van der Waals surface area contributed by atoms with Crippen molar-refractivity contribution in [3.63, 3.8) is 0 Å². The van der Waals surface area contributed by atoms with E-state index in [0.29, 0.717) is 0 Å². The van der Waals surface area contributed by atoms with Crippen molar-refractivity contribution in [2.24, 2.45) is 0 Å². The van der Waals surface area contributed by atoms with Gasteiger partial charge in [0.15, 0.2) is 0 Å². The molecule has 0 radical (unpaired) electrons. The monoisotopic (exact) mass is 199 g/mol. The standard InChI is InChI=1S/C11H25NSi/c1-4-7-10(12-9-6-3)11(13)8-5-2/h12H,4-9H2,1-3,13H3. The molecule has 1 N–H and O–H groups in total. The summed E-state index contributed by atoms with van der Waals surface area (Å²) < 4.78 is 0. The van der Waals surface area contributed by atoms with Crippen molar-refractivity contribution in [2.75, 3.05) is 6.54 Å². The highest BCUT2D eigenvalue weighted by Crippen LogP contribution is 2.10. The smallest absolute Gasteiger partial charge is 0.0355 e. The number of hydrogen-bond acceptors (Lipinski definition) is 1. The lowest BCUT2D eigenvalue weighted by atomic mass is 10.2. The fraction of sp³-hybridized carbons (Fsp3) is 0.818. The second-order valence-electron chi connectivity index (χ2n) is 3.69. The molecule has 0 aliphatic rings. The van der Waals surface area contributed by atoms with Crippen LogP contribution in [0.15, 0.2) is 10.9 Å². The molecule has 1 nitrogen and oxygen atoms in total. The van der Waals surface area contributed by atoms with E-state index < -0.39 is 0 Å². The van der Waals surface area contributed by atoms with Crippen LogP contribution in [0.3, 0.4) is 0 Å². The second-order valence-corrected chi connectivity index (χ2v) is 4.89. The first-order valence-corrected chi connectivity index (χ1v) is 6.68. The van der Waals surface area contributed by atoms with Crippen LogP contribution < -0.4 is 5.32 Å². The Labute approximate surface area is 86.4 Å². The van der Waals surface area contributed by atoms with Gasteiger partial charge in [-0.3, -0.25) is 0 Å². The molecule has 0 spiro atoms. The number of allylic oxidation sites excluding steroid dienone is 2. The summed E-state index contributed by atoms with van der Waals surface area (Å²) in [7, 11) is 1.23. The zero-order valence-electron chi connectivity index (χ0n) is 9.74. The van der Waals surface area contributed by atoms with Crippen molar-refractivity contribution in [3.05, 3.63) is 10.9 Å². The Morgan fingerprint density at radius 2 is 1.62 bits per heavy atom. The van der Waals surface area contributed by atoms with Crippen molar-refractivity contribution in [3.8, 4) is 0 Å². The maximum atomic E-state index is 3.57. The van der Waals surface area contributed by atoms with Gasteiger partial charge in [0.25, 0.3) is 0 Å². The molecule has 0 aromatic carbocycles. The fourth-order valence-corrected chi connectivity index (χ4v) is 2.43. The molecule has 0 amide bonds. The third kappa shape index (κ3) is 5.91. The molecule has 0 aliphatic heterocycles. The Morgan fingerprint density at radius 3 is 2.08 bits per heavy atom. The Hall–Kier alpha value is -0.243. The van der Waals surface area contributed by atoms with Crippen LogP contribution in [0.25, 0.3) is 0 Å². The zero-order valence-corrected chi connectivity index (χ0v) is 11.7. The van der Waals surface area contributed by atoms with E-state index in [4.69, 9.17) is 0 Å². The summed E-state index contributed by atoms with van der Waals surface area (Å²) in [6.45, 7) is 7.89. The molecule has 0 rings (SSSR count). The van der Waals surface area contributed by atoms with E-state index in [9.17, 15) is 0 Å². The predicted octanol–water partition coefficient (Wildman–Crippen LogP) is 2.16. The molecular weight excluding hydrogens is 174 g/mol. The molecule has 2 heteroatoms. The first-order valence-electron chi connectivity index (χ1n) is 5.68. The van der Waals surface area contributed by atoms with E-state index in [1.807, 2.05) is 0 Å². The summed E-state index contributed by atoms with van der Waals surface area (Å²) in [5, 5.41) is 5.26. The Balaban J connectivity index is 4.10. The molecule has 0 aromatic heterocycles. The maximum Gasteiger partial charge on any atom is 0.0355 e. The SMILES string of the molecule is CCCNC(CCC)=C([SiH3])CCC. The van der Waals surface area contributed by atoms with Gasteiger partial charge in [0.1, 0.15) is 0 Å². The average Bonchev–Trinajstić information content (AvgIpc) is 2.12. The predicted molar refractivity (Wildman–Crippen MR) is 65.1 cm³/mol. The quantitative estimate of drug-likeness (QED) is 0.620. The van der Waals surface area contributed by atoms with Crippen LogP contribution >= 0.6 is 0 Å². The lowest BCUT2D eigenvalue weighted by molar-refractivity contribution is 0.704. The van der Waals surface area contributed by atoms with Gasteiger partial charge in [-0.15, -0.1) is 0 Å². The first kappa shape index (κ1) is 12.8. The van der Waals surface area contributed by atoms with E-state index in [1.165, 1.54) is 42.3 Å². The molecular formula is C11H25NSi. The molecule has 0 aromatic rings. The van der Waals surface area contributed by atoms with Gasteiger partial charge < -0.3 is 5.32 Å². The molecule has 0 unspecified atom stereocenters. The molecule has 0 saturated heterocycles. The van der Waals surface area contributed by atoms with Crippen molar-refractivity contribution >= 4 is 10.2 Å². The Bertz CT molecular complexity index is 152. The fourth-order valence-electron chi connectivity index (χ4n) is 1.50. The van der Waals surface area contributed by atoms with Gasteiger partial charge in [0.05, 0.1) is 0 Å². The normalized spacial score (nSPS) is 12.8. The van der Waals surface area contributed by atoms with Gasteiger partial charge in [-0.1, -0.05) is 38.8 Å². The number of hydrogen-bond donors (Lipinski definition) is 1. The maximum absolute atomic E-state index is 3.57. The largest absolute Gasteiger partial charge is 0.389 e. The summed E-state index contributed by atoms with van der Waals surface area (Å²) in [4.78, 5) is 0. The highest BCUT2D eigenvalue weighted by atomic mass is 28.1. The summed E-state index contributed by atoms with van der Waals surface area (Å²) in [5.41, 5.74) is 1.55. The van der Waals surface area contributed by atoms with Gasteiger partial charge >= 0.3 is 0 Å². The summed E-state index contributed by atoms with van der Waals surface area (Å²) in [6.07, 6.45) is 6.34. The molecule has 0 heterocycles.